The van der Waals surface area contributed by atoms with Crippen LogP contribution in [0.4, 0.5) is 11.4 Å². The van der Waals surface area contributed by atoms with E-state index in [2.05, 4.69) is 67.8 Å². The zero-order valence-electron chi connectivity index (χ0n) is 12.8. The van der Waals surface area contributed by atoms with E-state index >= 15 is 0 Å². The fraction of sp³-hybridized carbons (Fsp3) is 0.278. The van der Waals surface area contributed by atoms with Crippen molar-refractivity contribution in [2.24, 2.45) is 0 Å². The van der Waals surface area contributed by atoms with Crippen LogP contribution in [0.1, 0.15) is 37.8 Å². The van der Waals surface area contributed by atoms with Gasteiger partial charge in [0.1, 0.15) is 0 Å². The average Bonchev–Trinajstić information content (AvgIpc) is 2.48. The Balaban J connectivity index is 2.01. The quantitative estimate of drug-likeness (QED) is 0.760. The van der Waals surface area contributed by atoms with Gasteiger partial charge in [0.15, 0.2) is 5.11 Å². The van der Waals surface area contributed by atoms with Crippen LogP contribution in [-0.2, 0) is 6.42 Å². The topological polar surface area (TPSA) is 24.1 Å². The number of thiocarbonyl (C=S) groups is 1. The highest BCUT2D eigenvalue weighted by atomic mass is 32.1. The van der Waals surface area contributed by atoms with Gasteiger partial charge in [0.05, 0.1) is 0 Å². The Morgan fingerprint density at radius 2 is 1.67 bits per heavy atom. The zero-order valence-corrected chi connectivity index (χ0v) is 13.6. The normalized spacial score (nSPS) is 10.5. The van der Waals surface area contributed by atoms with Gasteiger partial charge in [-0.1, -0.05) is 51.1 Å². The molecule has 2 N–H and O–H groups in total. The summed E-state index contributed by atoms with van der Waals surface area (Å²) in [5.41, 5.74) is 4.66. The van der Waals surface area contributed by atoms with Crippen molar-refractivity contribution in [1.82, 2.24) is 0 Å². The lowest BCUT2D eigenvalue weighted by Gasteiger charge is -2.14. The molecule has 2 aromatic rings. The summed E-state index contributed by atoms with van der Waals surface area (Å²) in [6.45, 7) is 6.52. The molecule has 0 aliphatic carbocycles. The van der Waals surface area contributed by atoms with Gasteiger partial charge in [-0.3, -0.25) is 0 Å². The van der Waals surface area contributed by atoms with Crippen molar-refractivity contribution in [3.8, 4) is 0 Å². The minimum atomic E-state index is 0.542. The van der Waals surface area contributed by atoms with E-state index < -0.39 is 0 Å². The summed E-state index contributed by atoms with van der Waals surface area (Å²) in [5, 5.41) is 7.11. The number of hydrogen-bond donors (Lipinski definition) is 2. The Labute approximate surface area is 132 Å². The van der Waals surface area contributed by atoms with Crippen molar-refractivity contribution in [1.29, 1.82) is 0 Å². The number of rotatable bonds is 4. The third-order valence-electron chi connectivity index (χ3n) is 3.48. The summed E-state index contributed by atoms with van der Waals surface area (Å²) >= 11 is 5.39. The van der Waals surface area contributed by atoms with Gasteiger partial charge in [0.2, 0.25) is 0 Å². The standard InChI is InChI=1S/C18H22N2S/c1-4-14-7-5-6-8-17(14)20-18(21)19-16-11-9-15(10-12-16)13(2)3/h5-13H,4H2,1-3H3,(H2,19,20,21). The van der Waals surface area contributed by atoms with E-state index in [0.717, 1.165) is 17.8 Å². The molecule has 0 aliphatic heterocycles. The second kappa shape index (κ2) is 7.23. The fourth-order valence-corrected chi connectivity index (χ4v) is 2.41. The van der Waals surface area contributed by atoms with Gasteiger partial charge in [-0.2, -0.15) is 0 Å². The van der Waals surface area contributed by atoms with E-state index in [4.69, 9.17) is 12.2 Å². The molecule has 0 unspecified atom stereocenters. The van der Waals surface area contributed by atoms with Crippen LogP contribution in [0, 0.1) is 0 Å². The molecule has 0 aromatic heterocycles. The molecule has 0 heterocycles. The van der Waals surface area contributed by atoms with Gasteiger partial charge in [-0.25, -0.2) is 0 Å². The maximum absolute atomic E-state index is 5.39. The SMILES string of the molecule is CCc1ccccc1NC(=S)Nc1ccc(C(C)C)cc1. The third-order valence-corrected chi connectivity index (χ3v) is 3.69. The first-order chi connectivity index (χ1) is 10.1. The van der Waals surface area contributed by atoms with Crippen LogP contribution in [0.2, 0.25) is 0 Å². The van der Waals surface area contributed by atoms with Gasteiger partial charge in [-0.15, -0.1) is 0 Å². The molecule has 0 fully saturated rings. The van der Waals surface area contributed by atoms with E-state index in [1.165, 1.54) is 11.1 Å². The Hall–Kier alpha value is -1.87. The van der Waals surface area contributed by atoms with Crippen molar-refractivity contribution in [2.45, 2.75) is 33.1 Å². The maximum atomic E-state index is 5.39. The van der Waals surface area contributed by atoms with Crippen LogP contribution in [0.25, 0.3) is 0 Å². The van der Waals surface area contributed by atoms with Gasteiger partial charge in [-0.05, 0) is 53.9 Å². The molecule has 2 rings (SSSR count). The fourth-order valence-electron chi connectivity index (χ4n) is 2.19. The number of benzene rings is 2. The number of hydrogen-bond acceptors (Lipinski definition) is 1. The minimum Gasteiger partial charge on any atom is -0.332 e. The van der Waals surface area contributed by atoms with E-state index in [0.29, 0.717) is 11.0 Å². The van der Waals surface area contributed by atoms with Crippen molar-refractivity contribution in [3.63, 3.8) is 0 Å². The predicted octanol–water partition coefficient (Wildman–Crippen LogP) is 5.18. The highest BCUT2D eigenvalue weighted by Crippen LogP contribution is 2.18. The van der Waals surface area contributed by atoms with Gasteiger partial charge in [0.25, 0.3) is 0 Å². The van der Waals surface area contributed by atoms with Crippen molar-refractivity contribution >= 4 is 28.7 Å². The second-order valence-electron chi connectivity index (χ2n) is 5.37. The number of para-hydroxylation sites is 1. The molecule has 0 amide bonds. The first kappa shape index (κ1) is 15.5. The molecule has 2 nitrogen and oxygen atoms in total. The van der Waals surface area contributed by atoms with Crippen LogP contribution in [0.5, 0.6) is 0 Å². The number of aryl methyl sites for hydroxylation is 1. The summed E-state index contributed by atoms with van der Waals surface area (Å²) in [5.74, 6) is 0.542. The smallest absolute Gasteiger partial charge is 0.175 e. The summed E-state index contributed by atoms with van der Waals surface area (Å²) < 4.78 is 0. The van der Waals surface area contributed by atoms with E-state index in [1.54, 1.807) is 0 Å². The molecule has 0 saturated carbocycles. The molecule has 0 bridgehead atoms. The minimum absolute atomic E-state index is 0.542. The van der Waals surface area contributed by atoms with E-state index in [9.17, 15) is 0 Å². The number of anilines is 2. The monoisotopic (exact) mass is 298 g/mol. The Kier molecular flexibility index (Phi) is 5.34. The molecule has 21 heavy (non-hydrogen) atoms. The van der Waals surface area contributed by atoms with E-state index in [1.807, 2.05) is 12.1 Å². The van der Waals surface area contributed by atoms with Crippen LogP contribution < -0.4 is 10.6 Å². The van der Waals surface area contributed by atoms with Crippen LogP contribution in [-0.4, -0.2) is 5.11 Å². The Morgan fingerprint density at radius 1 is 1.00 bits per heavy atom. The highest BCUT2D eigenvalue weighted by Gasteiger charge is 2.03. The lowest BCUT2D eigenvalue weighted by atomic mass is 10.0. The Morgan fingerprint density at radius 3 is 2.29 bits per heavy atom. The van der Waals surface area contributed by atoms with Gasteiger partial charge < -0.3 is 10.6 Å². The zero-order chi connectivity index (χ0) is 15.2. The van der Waals surface area contributed by atoms with Gasteiger partial charge in [0, 0.05) is 11.4 Å². The first-order valence-electron chi connectivity index (χ1n) is 7.36. The number of nitrogens with one attached hydrogen (secondary N) is 2. The summed E-state index contributed by atoms with van der Waals surface area (Å²) in [7, 11) is 0. The average molecular weight is 298 g/mol. The maximum Gasteiger partial charge on any atom is 0.175 e. The lowest BCUT2D eigenvalue weighted by Crippen LogP contribution is -2.19. The Bertz CT molecular complexity index is 603. The summed E-state index contributed by atoms with van der Waals surface area (Å²) in [6.07, 6.45) is 0.981. The molecule has 0 radical (unpaired) electrons. The van der Waals surface area contributed by atoms with Crippen LogP contribution >= 0.6 is 12.2 Å². The van der Waals surface area contributed by atoms with Gasteiger partial charge >= 0.3 is 0 Å². The molecule has 110 valence electrons. The second-order valence-corrected chi connectivity index (χ2v) is 5.77. The highest BCUT2D eigenvalue weighted by molar-refractivity contribution is 7.80. The molecule has 0 saturated heterocycles. The van der Waals surface area contributed by atoms with Crippen molar-refractivity contribution < 1.29 is 0 Å². The summed E-state index contributed by atoms with van der Waals surface area (Å²) in [6, 6.07) is 16.6. The largest absolute Gasteiger partial charge is 0.332 e. The van der Waals surface area contributed by atoms with E-state index in [-0.39, 0.29) is 0 Å². The molecular weight excluding hydrogens is 276 g/mol. The predicted molar refractivity (Wildman–Crippen MR) is 96.2 cm³/mol. The molecule has 0 spiro atoms. The molecule has 2 aromatic carbocycles. The van der Waals surface area contributed by atoms with Crippen LogP contribution in [0.15, 0.2) is 48.5 Å². The lowest BCUT2D eigenvalue weighted by molar-refractivity contribution is 0.867. The molecule has 3 heteroatoms. The van der Waals surface area contributed by atoms with Crippen molar-refractivity contribution in [2.75, 3.05) is 10.6 Å². The molecular formula is C18H22N2S. The van der Waals surface area contributed by atoms with Crippen molar-refractivity contribution in [3.05, 3.63) is 59.7 Å². The van der Waals surface area contributed by atoms with Crippen LogP contribution in [0.3, 0.4) is 0 Å². The first-order valence-corrected chi connectivity index (χ1v) is 7.77. The molecule has 0 atom stereocenters. The third kappa shape index (κ3) is 4.30. The summed E-state index contributed by atoms with van der Waals surface area (Å²) in [4.78, 5) is 0. The molecule has 0 aliphatic rings.